The molecule has 0 aliphatic carbocycles. The fraction of sp³-hybridized carbons (Fsp3) is 0.900. The highest BCUT2D eigenvalue weighted by Gasteiger charge is 2.42. The molecule has 0 aromatic rings. The number of rotatable bonds is 2. The predicted molar refractivity (Wildman–Crippen MR) is 49.5 cm³/mol. The van der Waals surface area contributed by atoms with Gasteiger partial charge in [0.05, 0.1) is 0 Å². The SMILES string of the molecule is CC[C@H]1CN2CC[C@H]1C[C@@H]2C(=O)O. The standard InChI is InChI=1S/C10H17NO2/c1-2-7-6-11-4-3-8(7)5-9(11)10(12)13/h7-9H,2-6H2,1H3,(H,12,13)/t7-,8-,9+/m0/s1. The molecule has 2 bridgehead atoms. The number of nitrogens with zero attached hydrogens (tertiary/aromatic N) is 1. The van der Waals surface area contributed by atoms with Crippen LogP contribution in [0.4, 0.5) is 0 Å². The van der Waals surface area contributed by atoms with Gasteiger partial charge in [0.15, 0.2) is 0 Å². The monoisotopic (exact) mass is 183 g/mol. The van der Waals surface area contributed by atoms with Crippen LogP contribution in [-0.4, -0.2) is 35.1 Å². The van der Waals surface area contributed by atoms with E-state index in [1.165, 1.54) is 12.8 Å². The maximum absolute atomic E-state index is 10.9. The Morgan fingerprint density at radius 1 is 1.62 bits per heavy atom. The van der Waals surface area contributed by atoms with Gasteiger partial charge in [0.2, 0.25) is 0 Å². The molecule has 4 atom stereocenters. The van der Waals surface area contributed by atoms with E-state index < -0.39 is 5.97 Å². The van der Waals surface area contributed by atoms with Gasteiger partial charge in [-0.25, -0.2) is 0 Å². The van der Waals surface area contributed by atoms with Crippen LogP contribution in [0.15, 0.2) is 0 Å². The number of fused-ring (bicyclic) bond motifs is 3. The molecule has 0 saturated carbocycles. The van der Waals surface area contributed by atoms with Gasteiger partial charge in [-0.05, 0) is 31.2 Å². The Labute approximate surface area is 78.7 Å². The number of piperidine rings is 3. The first-order valence-corrected chi connectivity index (χ1v) is 5.19. The minimum atomic E-state index is -0.626. The van der Waals surface area contributed by atoms with Crippen LogP contribution in [0.5, 0.6) is 0 Å². The van der Waals surface area contributed by atoms with Crippen LogP contribution < -0.4 is 0 Å². The smallest absolute Gasteiger partial charge is 0.320 e. The van der Waals surface area contributed by atoms with Crippen molar-refractivity contribution in [3.8, 4) is 0 Å². The molecule has 1 N–H and O–H groups in total. The van der Waals surface area contributed by atoms with E-state index in [0.717, 1.165) is 25.4 Å². The molecule has 0 radical (unpaired) electrons. The van der Waals surface area contributed by atoms with E-state index >= 15 is 0 Å². The maximum Gasteiger partial charge on any atom is 0.320 e. The molecule has 3 saturated heterocycles. The second-order valence-electron chi connectivity index (χ2n) is 4.30. The number of hydrogen-bond donors (Lipinski definition) is 1. The van der Waals surface area contributed by atoms with E-state index in [4.69, 9.17) is 5.11 Å². The number of hydrogen-bond acceptors (Lipinski definition) is 2. The summed E-state index contributed by atoms with van der Waals surface area (Å²) in [6.45, 7) is 4.22. The normalized spacial score (nSPS) is 43.5. The molecule has 3 aliphatic rings. The van der Waals surface area contributed by atoms with Crippen molar-refractivity contribution in [3.63, 3.8) is 0 Å². The Morgan fingerprint density at radius 3 is 2.85 bits per heavy atom. The minimum Gasteiger partial charge on any atom is -0.480 e. The average molecular weight is 183 g/mol. The Morgan fingerprint density at radius 2 is 2.38 bits per heavy atom. The summed E-state index contributed by atoms with van der Waals surface area (Å²) in [5, 5.41) is 8.98. The van der Waals surface area contributed by atoms with Gasteiger partial charge in [-0.1, -0.05) is 13.3 Å². The molecule has 3 fully saturated rings. The van der Waals surface area contributed by atoms with Gasteiger partial charge in [-0.15, -0.1) is 0 Å². The largest absolute Gasteiger partial charge is 0.480 e. The lowest BCUT2D eigenvalue weighted by Crippen LogP contribution is -2.56. The van der Waals surface area contributed by atoms with Crippen molar-refractivity contribution >= 4 is 5.97 Å². The molecule has 3 rings (SSSR count). The first-order valence-electron chi connectivity index (χ1n) is 5.19. The highest BCUT2D eigenvalue weighted by molar-refractivity contribution is 5.73. The van der Waals surface area contributed by atoms with E-state index in [1.54, 1.807) is 0 Å². The van der Waals surface area contributed by atoms with Gasteiger partial charge in [0.25, 0.3) is 0 Å². The van der Waals surface area contributed by atoms with E-state index in [2.05, 4.69) is 11.8 Å². The van der Waals surface area contributed by atoms with Crippen LogP contribution in [0.1, 0.15) is 26.2 Å². The average Bonchev–Trinajstić information content (AvgIpc) is 2.18. The Hall–Kier alpha value is -0.570. The van der Waals surface area contributed by atoms with E-state index in [0.29, 0.717) is 5.92 Å². The van der Waals surface area contributed by atoms with Gasteiger partial charge < -0.3 is 5.11 Å². The lowest BCUT2D eigenvalue weighted by molar-refractivity contribution is -0.149. The molecular formula is C10H17NO2. The molecule has 3 heterocycles. The number of aliphatic carboxylic acids is 1. The quantitative estimate of drug-likeness (QED) is 0.699. The zero-order valence-corrected chi connectivity index (χ0v) is 8.07. The fourth-order valence-corrected chi connectivity index (χ4v) is 2.86. The van der Waals surface area contributed by atoms with Crippen LogP contribution in [0.3, 0.4) is 0 Å². The van der Waals surface area contributed by atoms with E-state index in [-0.39, 0.29) is 6.04 Å². The molecule has 3 nitrogen and oxygen atoms in total. The topological polar surface area (TPSA) is 40.5 Å². The van der Waals surface area contributed by atoms with Crippen LogP contribution in [0.25, 0.3) is 0 Å². The van der Waals surface area contributed by atoms with Crippen molar-refractivity contribution in [3.05, 3.63) is 0 Å². The predicted octanol–water partition coefficient (Wildman–Crippen LogP) is 1.19. The molecule has 74 valence electrons. The third-order valence-electron chi connectivity index (χ3n) is 3.70. The second-order valence-corrected chi connectivity index (χ2v) is 4.30. The molecule has 0 amide bonds. The van der Waals surface area contributed by atoms with Crippen LogP contribution in [-0.2, 0) is 4.79 Å². The number of carbonyl (C=O) groups is 1. The zero-order valence-electron chi connectivity index (χ0n) is 8.07. The van der Waals surface area contributed by atoms with Crippen molar-refractivity contribution in [2.45, 2.75) is 32.2 Å². The van der Waals surface area contributed by atoms with Gasteiger partial charge in [0.1, 0.15) is 6.04 Å². The van der Waals surface area contributed by atoms with Gasteiger partial charge in [0, 0.05) is 6.54 Å². The minimum absolute atomic E-state index is 0.179. The summed E-state index contributed by atoms with van der Waals surface area (Å²) in [4.78, 5) is 13.0. The molecule has 3 heteroatoms. The fourth-order valence-electron chi connectivity index (χ4n) is 2.86. The van der Waals surface area contributed by atoms with Crippen LogP contribution in [0, 0.1) is 11.8 Å². The van der Waals surface area contributed by atoms with E-state index in [9.17, 15) is 4.79 Å². The molecule has 1 unspecified atom stereocenters. The lowest BCUT2D eigenvalue weighted by atomic mass is 9.74. The first-order chi connectivity index (χ1) is 6.22. The van der Waals surface area contributed by atoms with Crippen molar-refractivity contribution in [1.29, 1.82) is 0 Å². The summed E-state index contributed by atoms with van der Waals surface area (Å²) >= 11 is 0. The molecule has 13 heavy (non-hydrogen) atoms. The molecule has 3 aliphatic heterocycles. The Bertz CT molecular complexity index is 217. The molecule has 0 aromatic heterocycles. The Balaban J connectivity index is 2.07. The van der Waals surface area contributed by atoms with Crippen molar-refractivity contribution in [1.82, 2.24) is 4.90 Å². The second kappa shape index (κ2) is 3.29. The van der Waals surface area contributed by atoms with Gasteiger partial charge >= 0.3 is 5.97 Å². The first kappa shape index (κ1) is 9.00. The summed E-state index contributed by atoms with van der Waals surface area (Å²) in [5.74, 6) is 0.805. The maximum atomic E-state index is 10.9. The van der Waals surface area contributed by atoms with Crippen molar-refractivity contribution < 1.29 is 9.90 Å². The van der Waals surface area contributed by atoms with Crippen LogP contribution in [0.2, 0.25) is 0 Å². The Kier molecular flexibility index (Phi) is 2.28. The van der Waals surface area contributed by atoms with Crippen molar-refractivity contribution in [2.24, 2.45) is 11.8 Å². The molecule has 0 aromatic carbocycles. The lowest BCUT2D eigenvalue weighted by Gasteiger charge is -2.48. The highest BCUT2D eigenvalue weighted by Crippen LogP contribution is 2.37. The highest BCUT2D eigenvalue weighted by atomic mass is 16.4. The van der Waals surface area contributed by atoms with E-state index in [1.807, 2.05) is 0 Å². The summed E-state index contributed by atoms with van der Waals surface area (Å²) in [6.07, 6.45) is 3.30. The third kappa shape index (κ3) is 1.46. The summed E-state index contributed by atoms with van der Waals surface area (Å²) in [7, 11) is 0. The van der Waals surface area contributed by atoms with Crippen LogP contribution >= 0.6 is 0 Å². The number of carboxylic acids is 1. The molecule has 0 spiro atoms. The summed E-state index contributed by atoms with van der Waals surface area (Å²) in [5.41, 5.74) is 0. The third-order valence-corrected chi connectivity index (χ3v) is 3.70. The zero-order chi connectivity index (χ0) is 9.42. The molecular weight excluding hydrogens is 166 g/mol. The van der Waals surface area contributed by atoms with Gasteiger partial charge in [-0.2, -0.15) is 0 Å². The summed E-state index contributed by atoms with van der Waals surface area (Å²) in [6, 6.07) is -0.179. The van der Waals surface area contributed by atoms with Gasteiger partial charge in [-0.3, -0.25) is 9.69 Å². The van der Waals surface area contributed by atoms with Crippen molar-refractivity contribution in [2.75, 3.05) is 13.1 Å². The number of carboxylic acid groups (broad SMARTS) is 1. The summed E-state index contributed by atoms with van der Waals surface area (Å²) < 4.78 is 0.